The van der Waals surface area contributed by atoms with Gasteiger partial charge in [-0.3, -0.25) is 0 Å². The van der Waals surface area contributed by atoms with Crippen LogP contribution in [-0.4, -0.2) is 57.9 Å². The number of nitrogens with one attached hydrogen (secondary N) is 1. The minimum atomic E-state index is -2.97. The smallest absolute Gasteiger partial charge is 0.150 e. The van der Waals surface area contributed by atoms with E-state index >= 15 is 0 Å². The molecule has 0 amide bonds. The fourth-order valence-electron chi connectivity index (χ4n) is 1.27. The average Bonchev–Trinajstić information content (AvgIpc) is 2.22. The number of ether oxygens (including phenoxy) is 1. The normalized spacial score (nSPS) is 13.9. The average molecular weight is 253 g/mol. The molecule has 0 heterocycles. The highest BCUT2D eigenvalue weighted by Gasteiger charge is 2.12. The number of sulfone groups is 1. The number of methoxy groups -OCH3 is 1. The largest absolute Gasteiger partial charge is 0.392 e. The summed E-state index contributed by atoms with van der Waals surface area (Å²) >= 11 is 0. The first-order valence-electron chi connectivity index (χ1n) is 5.60. The number of rotatable bonds is 10. The van der Waals surface area contributed by atoms with Gasteiger partial charge in [-0.1, -0.05) is 6.92 Å². The summed E-state index contributed by atoms with van der Waals surface area (Å²) < 4.78 is 27.5. The number of hydrogen-bond donors (Lipinski definition) is 2. The number of hydrogen-bond acceptors (Lipinski definition) is 5. The van der Waals surface area contributed by atoms with Crippen molar-refractivity contribution in [1.82, 2.24) is 5.32 Å². The molecule has 5 nitrogen and oxygen atoms in total. The van der Waals surface area contributed by atoms with E-state index in [2.05, 4.69) is 5.32 Å². The van der Waals surface area contributed by atoms with Gasteiger partial charge in [-0.05, 0) is 12.8 Å². The first-order chi connectivity index (χ1) is 7.52. The lowest BCUT2D eigenvalue weighted by atomic mass is 10.3. The van der Waals surface area contributed by atoms with Crippen LogP contribution >= 0.6 is 0 Å². The molecule has 98 valence electrons. The van der Waals surface area contributed by atoms with E-state index in [-0.39, 0.29) is 11.5 Å². The van der Waals surface area contributed by atoms with Crippen LogP contribution in [0.4, 0.5) is 0 Å². The van der Waals surface area contributed by atoms with E-state index in [1.165, 1.54) is 0 Å². The molecule has 0 radical (unpaired) electrons. The van der Waals surface area contributed by atoms with Gasteiger partial charge in [-0.25, -0.2) is 8.42 Å². The predicted molar refractivity (Wildman–Crippen MR) is 64.3 cm³/mol. The zero-order valence-electron chi connectivity index (χ0n) is 10.1. The van der Waals surface area contributed by atoms with Crippen molar-refractivity contribution in [2.75, 3.05) is 38.3 Å². The lowest BCUT2D eigenvalue weighted by molar-refractivity contribution is 0.157. The highest BCUT2D eigenvalue weighted by Crippen LogP contribution is 1.99. The first kappa shape index (κ1) is 15.8. The molecule has 0 spiro atoms. The van der Waals surface area contributed by atoms with Gasteiger partial charge in [0.15, 0.2) is 0 Å². The molecule has 2 N–H and O–H groups in total. The lowest BCUT2D eigenvalue weighted by Crippen LogP contribution is -2.30. The van der Waals surface area contributed by atoms with Crippen molar-refractivity contribution in [3.8, 4) is 0 Å². The summed E-state index contributed by atoms with van der Waals surface area (Å²) in [7, 11) is -1.37. The van der Waals surface area contributed by atoms with E-state index in [1.54, 1.807) is 7.11 Å². The Hall–Kier alpha value is -0.170. The third kappa shape index (κ3) is 9.08. The van der Waals surface area contributed by atoms with Crippen LogP contribution in [0.3, 0.4) is 0 Å². The third-order valence-electron chi connectivity index (χ3n) is 2.14. The van der Waals surface area contributed by atoms with E-state index in [9.17, 15) is 13.5 Å². The Kier molecular flexibility index (Phi) is 8.83. The van der Waals surface area contributed by atoms with Crippen LogP contribution in [-0.2, 0) is 14.6 Å². The molecule has 0 fully saturated rings. The SMILES string of the molecule is CCCS(=O)(=O)CCC(O)CNCCOC. The summed E-state index contributed by atoms with van der Waals surface area (Å²) in [5.41, 5.74) is 0. The summed E-state index contributed by atoms with van der Waals surface area (Å²) in [5.74, 6) is 0.269. The van der Waals surface area contributed by atoms with Crippen LogP contribution in [0.2, 0.25) is 0 Å². The van der Waals surface area contributed by atoms with Gasteiger partial charge in [0, 0.05) is 26.0 Å². The van der Waals surface area contributed by atoms with E-state index in [1.807, 2.05) is 6.92 Å². The van der Waals surface area contributed by atoms with Crippen LogP contribution in [0.15, 0.2) is 0 Å². The molecule has 1 atom stereocenters. The Morgan fingerprint density at radius 2 is 2.06 bits per heavy atom. The quantitative estimate of drug-likeness (QED) is 0.527. The van der Waals surface area contributed by atoms with Gasteiger partial charge in [-0.15, -0.1) is 0 Å². The van der Waals surface area contributed by atoms with Crippen molar-refractivity contribution in [3.63, 3.8) is 0 Å². The summed E-state index contributed by atoms with van der Waals surface area (Å²) in [4.78, 5) is 0. The molecule has 0 saturated carbocycles. The second kappa shape index (κ2) is 8.92. The van der Waals surface area contributed by atoms with Crippen LogP contribution in [0.1, 0.15) is 19.8 Å². The molecular formula is C10H23NO4S. The van der Waals surface area contributed by atoms with E-state index < -0.39 is 15.9 Å². The maximum Gasteiger partial charge on any atom is 0.150 e. The third-order valence-corrected chi connectivity index (χ3v) is 4.03. The van der Waals surface area contributed by atoms with Crippen molar-refractivity contribution in [1.29, 1.82) is 0 Å². The highest BCUT2D eigenvalue weighted by molar-refractivity contribution is 7.91. The molecule has 0 aromatic rings. The topological polar surface area (TPSA) is 75.6 Å². The highest BCUT2D eigenvalue weighted by atomic mass is 32.2. The fraction of sp³-hybridized carbons (Fsp3) is 1.00. The van der Waals surface area contributed by atoms with E-state index in [0.29, 0.717) is 32.5 Å². The molecule has 0 saturated heterocycles. The maximum atomic E-state index is 11.4. The Morgan fingerprint density at radius 1 is 1.38 bits per heavy atom. The van der Waals surface area contributed by atoms with Crippen molar-refractivity contribution < 1.29 is 18.3 Å². The molecule has 0 bridgehead atoms. The van der Waals surface area contributed by atoms with Crippen LogP contribution in [0.5, 0.6) is 0 Å². The Morgan fingerprint density at radius 3 is 2.62 bits per heavy atom. The van der Waals surface area contributed by atoms with Crippen LogP contribution in [0, 0.1) is 0 Å². The fourth-order valence-corrected chi connectivity index (χ4v) is 2.73. The van der Waals surface area contributed by atoms with Gasteiger partial charge < -0.3 is 15.2 Å². The molecule has 1 unspecified atom stereocenters. The van der Waals surface area contributed by atoms with Gasteiger partial charge in [0.25, 0.3) is 0 Å². The number of aliphatic hydroxyl groups is 1. The predicted octanol–water partition coefficient (Wildman–Crippen LogP) is -0.202. The van der Waals surface area contributed by atoms with Crippen LogP contribution < -0.4 is 5.32 Å². The molecule has 0 aliphatic carbocycles. The van der Waals surface area contributed by atoms with Gasteiger partial charge >= 0.3 is 0 Å². The van der Waals surface area contributed by atoms with Gasteiger partial charge in [0.2, 0.25) is 0 Å². The summed E-state index contributed by atoms with van der Waals surface area (Å²) in [5, 5.41) is 12.5. The summed E-state index contributed by atoms with van der Waals surface area (Å²) in [6.07, 6.45) is 0.316. The Balaban J connectivity index is 3.60. The number of aliphatic hydroxyl groups excluding tert-OH is 1. The van der Waals surface area contributed by atoms with Crippen molar-refractivity contribution in [2.24, 2.45) is 0 Å². The standard InChI is InChI=1S/C10H23NO4S/c1-3-7-16(13,14)8-4-10(12)9-11-5-6-15-2/h10-12H,3-9H2,1-2H3. The van der Waals surface area contributed by atoms with Crippen molar-refractivity contribution >= 4 is 9.84 Å². The molecule has 0 rings (SSSR count). The molecule has 0 aliphatic rings. The second-order valence-electron chi connectivity index (χ2n) is 3.79. The van der Waals surface area contributed by atoms with Crippen LogP contribution in [0.25, 0.3) is 0 Å². The zero-order valence-corrected chi connectivity index (χ0v) is 10.9. The maximum absolute atomic E-state index is 11.4. The van der Waals surface area contributed by atoms with Gasteiger partial charge in [-0.2, -0.15) is 0 Å². The Labute approximate surface area is 98.1 Å². The molecule has 0 aliphatic heterocycles. The minimum Gasteiger partial charge on any atom is -0.392 e. The molecule has 16 heavy (non-hydrogen) atoms. The summed E-state index contributed by atoms with van der Waals surface area (Å²) in [6.45, 7) is 3.49. The lowest BCUT2D eigenvalue weighted by Gasteiger charge is -2.11. The molecule has 0 aromatic heterocycles. The zero-order chi connectivity index (χ0) is 12.4. The first-order valence-corrected chi connectivity index (χ1v) is 7.42. The Bertz CT molecular complexity index is 254. The van der Waals surface area contributed by atoms with Crippen molar-refractivity contribution in [2.45, 2.75) is 25.9 Å². The van der Waals surface area contributed by atoms with E-state index in [4.69, 9.17) is 4.74 Å². The van der Waals surface area contributed by atoms with Crippen molar-refractivity contribution in [3.05, 3.63) is 0 Å². The van der Waals surface area contributed by atoms with Gasteiger partial charge in [0.1, 0.15) is 9.84 Å². The summed E-state index contributed by atoms with van der Waals surface area (Å²) in [6, 6.07) is 0. The second-order valence-corrected chi connectivity index (χ2v) is 6.09. The molecular weight excluding hydrogens is 230 g/mol. The monoisotopic (exact) mass is 253 g/mol. The van der Waals surface area contributed by atoms with E-state index in [0.717, 1.165) is 0 Å². The molecule has 0 aromatic carbocycles. The minimum absolute atomic E-state index is 0.0635. The van der Waals surface area contributed by atoms with Gasteiger partial charge in [0.05, 0.1) is 18.5 Å². The molecule has 6 heteroatoms.